The fourth-order valence-electron chi connectivity index (χ4n) is 5.55. The van der Waals surface area contributed by atoms with E-state index in [0.29, 0.717) is 19.6 Å². The minimum absolute atomic E-state index is 0.0157. The van der Waals surface area contributed by atoms with Gasteiger partial charge in [0.1, 0.15) is 11.3 Å². The molecule has 3 saturated heterocycles. The highest BCUT2D eigenvalue weighted by Crippen LogP contribution is 2.37. The predicted molar refractivity (Wildman–Crippen MR) is 122 cm³/mol. The summed E-state index contributed by atoms with van der Waals surface area (Å²) in [6.45, 7) is 8.61. The summed E-state index contributed by atoms with van der Waals surface area (Å²) in [4.78, 5) is 30.2. The zero-order chi connectivity index (χ0) is 22.6. The molecule has 0 bridgehead atoms. The molecule has 3 aliphatic heterocycles. The van der Waals surface area contributed by atoms with Crippen molar-refractivity contribution in [2.45, 2.75) is 70.6 Å². The zero-order valence-corrected chi connectivity index (χ0v) is 19.5. The topological polar surface area (TPSA) is 71.1 Å². The van der Waals surface area contributed by atoms with Gasteiger partial charge in [-0.15, -0.1) is 0 Å². The number of piperidine rings is 1. The first-order chi connectivity index (χ1) is 15.6. The maximum atomic E-state index is 13.5. The number of carbonyl (C=O) groups is 2. The standard InChI is InChI=1S/C25H37N3O4/c1-3-13-25(23(29)28(24(30)26-25)18-22-6-5-16-32-22)20-11-14-27(15-12-20)17-19-7-9-21(10-8-19)31-4-2/h7-10,20,22H,3-6,11-18H2,1-2H3,(H,26,30)/t22-,25+/m1/s1. The molecular formula is C25H37N3O4. The molecule has 7 nitrogen and oxygen atoms in total. The monoisotopic (exact) mass is 443 g/mol. The van der Waals surface area contributed by atoms with E-state index in [4.69, 9.17) is 9.47 Å². The normalized spacial score (nSPS) is 27.2. The van der Waals surface area contributed by atoms with Gasteiger partial charge in [-0.25, -0.2) is 4.79 Å². The largest absolute Gasteiger partial charge is 0.494 e. The van der Waals surface area contributed by atoms with Crippen LogP contribution >= 0.6 is 0 Å². The van der Waals surface area contributed by atoms with Crippen LogP contribution in [0.5, 0.6) is 5.75 Å². The molecule has 0 saturated carbocycles. The number of hydrogen-bond donors (Lipinski definition) is 1. The molecule has 0 unspecified atom stereocenters. The second kappa shape index (κ2) is 10.2. The van der Waals surface area contributed by atoms with Crippen molar-refractivity contribution in [3.05, 3.63) is 29.8 Å². The van der Waals surface area contributed by atoms with Gasteiger partial charge in [0.05, 0.1) is 19.3 Å². The molecule has 1 N–H and O–H groups in total. The summed E-state index contributed by atoms with van der Waals surface area (Å²) in [6.07, 6.45) is 5.30. The highest BCUT2D eigenvalue weighted by Gasteiger charge is 2.55. The molecule has 32 heavy (non-hydrogen) atoms. The lowest BCUT2D eigenvalue weighted by Gasteiger charge is -2.41. The van der Waals surface area contributed by atoms with Crippen LogP contribution in [0.2, 0.25) is 0 Å². The van der Waals surface area contributed by atoms with E-state index in [0.717, 1.165) is 64.1 Å². The lowest BCUT2D eigenvalue weighted by Crippen LogP contribution is -2.56. The smallest absolute Gasteiger partial charge is 0.325 e. The molecule has 0 spiro atoms. The number of likely N-dealkylation sites (tertiary alicyclic amines) is 1. The van der Waals surface area contributed by atoms with Crippen LogP contribution in [0.1, 0.15) is 57.9 Å². The summed E-state index contributed by atoms with van der Waals surface area (Å²) in [5, 5.41) is 3.14. The molecule has 2 atom stereocenters. The average molecular weight is 444 g/mol. The summed E-state index contributed by atoms with van der Waals surface area (Å²) in [7, 11) is 0. The van der Waals surface area contributed by atoms with Crippen LogP contribution in [0, 0.1) is 5.92 Å². The van der Waals surface area contributed by atoms with Gasteiger partial charge >= 0.3 is 6.03 Å². The van der Waals surface area contributed by atoms with E-state index in [9.17, 15) is 9.59 Å². The number of benzene rings is 1. The van der Waals surface area contributed by atoms with Crippen LogP contribution in [0.4, 0.5) is 4.79 Å². The van der Waals surface area contributed by atoms with E-state index >= 15 is 0 Å². The van der Waals surface area contributed by atoms with Crippen molar-refractivity contribution in [2.75, 3.05) is 32.8 Å². The lowest BCUT2D eigenvalue weighted by molar-refractivity contribution is -0.135. The third-order valence-electron chi connectivity index (χ3n) is 7.18. The van der Waals surface area contributed by atoms with Crippen molar-refractivity contribution in [2.24, 2.45) is 5.92 Å². The van der Waals surface area contributed by atoms with Crippen LogP contribution in [0.25, 0.3) is 0 Å². The first-order valence-corrected chi connectivity index (χ1v) is 12.3. The van der Waals surface area contributed by atoms with Gasteiger partial charge in [0.15, 0.2) is 0 Å². The molecule has 4 rings (SSSR count). The molecule has 0 aliphatic carbocycles. The first-order valence-electron chi connectivity index (χ1n) is 12.3. The van der Waals surface area contributed by atoms with E-state index in [-0.39, 0.29) is 24.0 Å². The van der Waals surface area contributed by atoms with Crippen LogP contribution in [-0.2, 0) is 16.1 Å². The number of imide groups is 1. The predicted octanol–water partition coefficient (Wildman–Crippen LogP) is 3.57. The molecule has 3 fully saturated rings. The fraction of sp³-hybridized carbons (Fsp3) is 0.680. The molecular weight excluding hydrogens is 406 g/mol. The van der Waals surface area contributed by atoms with Gasteiger partial charge in [0.2, 0.25) is 0 Å². The highest BCUT2D eigenvalue weighted by molar-refractivity contribution is 6.07. The number of amides is 3. The van der Waals surface area contributed by atoms with Gasteiger partial charge in [-0.1, -0.05) is 25.5 Å². The second-order valence-corrected chi connectivity index (χ2v) is 9.33. The minimum atomic E-state index is -0.754. The van der Waals surface area contributed by atoms with Gasteiger partial charge < -0.3 is 14.8 Å². The van der Waals surface area contributed by atoms with Crippen molar-refractivity contribution < 1.29 is 19.1 Å². The van der Waals surface area contributed by atoms with E-state index in [1.165, 1.54) is 10.5 Å². The fourth-order valence-corrected chi connectivity index (χ4v) is 5.55. The summed E-state index contributed by atoms with van der Waals surface area (Å²) in [5.74, 6) is 1.04. The van der Waals surface area contributed by atoms with Crippen LogP contribution in [-0.4, -0.2) is 66.2 Å². The lowest BCUT2D eigenvalue weighted by atomic mass is 9.74. The van der Waals surface area contributed by atoms with E-state index in [1.54, 1.807) is 0 Å². The Morgan fingerprint density at radius 2 is 1.88 bits per heavy atom. The average Bonchev–Trinajstić information content (AvgIpc) is 3.39. The summed E-state index contributed by atoms with van der Waals surface area (Å²) in [5.41, 5.74) is 0.513. The van der Waals surface area contributed by atoms with Gasteiger partial charge in [0, 0.05) is 13.2 Å². The number of nitrogens with zero attached hydrogens (tertiary/aromatic N) is 2. The van der Waals surface area contributed by atoms with E-state index in [2.05, 4.69) is 29.3 Å². The van der Waals surface area contributed by atoms with Gasteiger partial charge in [-0.2, -0.15) is 0 Å². The molecule has 3 amide bonds. The Hall–Kier alpha value is -2.12. The highest BCUT2D eigenvalue weighted by atomic mass is 16.5. The van der Waals surface area contributed by atoms with Crippen molar-refractivity contribution >= 4 is 11.9 Å². The maximum absolute atomic E-state index is 13.5. The number of hydrogen-bond acceptors (Lipinski definition) is 5. The number of nitrogens with one attached hydrogen (secondary N) is 1. The Labute approximate surface area is 191 Å². The quantitative estimate of drug-likeness (QED) is 0.591. The second-order valence-electron chi connectivity index (χ2n) is 9.33. The molecule has 1 aromatic carbocycles. The van der Waals surface area contributed by atoms with Crippen molar-refractivity contribution in [1.82, 2.24) is 15.1 Å². The Balaban J connectivity index is 1.37. The molecule has 0 aromatic heterocycles. The molecule has 3 heterocycles. The molecule has 7 heteroatoms. The third-order valence-corrected chi connectivity index (χ3v) is 7.18. The summed E-state index contributed by atoms with van der Waals surface area (Å²) < 4.78 is 11.2. The first kappa shape index (κ1) is 23.1. The van der Waals surface area contributed by atoms with E-state index < -0.39 is 5.54 Å². The number of rotatable bonds is 9. The van der Waals surface area contributed by atoms with Crippen molar-refractivity contribution in [1.29, 1.82) is 0 Å². The van der Waals surface area contributed by atoms with Crippen LogP contribution in [0.3, 0.4) is 0 Å². The number of carbonyl (C=O) groups excluding carboxylic acids is 2. The van der Waals surface area contributed by atoms with Gasteiger partial charge in [0.25, 0.3) is 5.91 Å². The SMILES string of the molecule is CCC[C@@]1(C2CCN(Cc3ccc(OCC)cc3)CC2)NC(=O)N(C[C@H]2CCCO2)C1=O. The summed E-state index contributed by atoms with van der Waals surface area (Å²) >= 11 is 0. The van der Waals surface area contributed by atoms with E-state index in [1.807, 2.05) is 19.1 Å². The van der Waals surface area contributed by atoms with Crippen LogP contribution < -0.4 is 10.1 Å². The Kier molecular flexibility index (Phi) is 7.36. The Bertz CT molecular complexity index is 785. The van der Waals surface area contributed by atoms with Gasteiger partial charge in [-0.3, -0.25) is 14.6 Å². The van der Waals surface area contributed by atoms with Crippen LogP contribution in [0.15, 0.2) is 24.3 Å². The third kappa shape index (κ3) is 4.79. The minimum Gasteiger partial charge on any atom is -0.494 e. The molecule has 1 aromatic rings. The Morgan fingerprint density at radius 3 is 2.50 bits per heavy atom. The number of urea groups is 1. The number of ether oxygens (including phenoxy) is 2. The zero-order valence-electron chi connectivity index (χ0n) is 19.5. The van der Waals surface area contributed by atoms with Gasteiger partial charge in [-0.05, 0) is 75.7 Å². The van der Waals surface area contributed by atoms with Crippen molar-refractivity contribution in [3.63, 3.8) is 0 Å². The maximum Gasteiger partial charge on any atom is 0.325 e. The summed E-state index contributed by atoms with van der Waals surface area (Å²) in [6, 6.07) is 8.06. The van der Waals surface area contributed by atoms with Crippen molar-refractivity contribution in [3.8, 4) is 5.75 Å². The molecule has 0 radical (unpaired) electrons. The molecule has 3 aliphatic rings. The molecule has 176 valence electrons. The Morgan fingerprint density at radius 1 is 1.12 bits per heavy atom.